The van der Waals surface area contributed by atoms with Gasteiger partial charge in [0.05, 0.1) is 12.1 Å². The van der Waals surface area contributed by atoms with Crippen LogP contribution in [-0.2, 0) is 6.42 Å². The number of nitrogens with two attached hydrogens (primary N) is 1. The summed E-state index contributed by atoms with van der Waals surface area (Å²) in [4.78, 5) is -0.158. The quantitative estimate of drug-likeness (QED) is 0.655. The van der Waals surface area contributed by atoms with Gasteiger partial charge >= 0.3 is 0 Å². The first kappa shape index (κ1) is 10.5. The molecule has 0 aliphatic rings. The Bertz CT molecular complexity index is 286. The van der Waals surface area contributed by atoms with E-state index in [0.717, 1.165) is 17.7 Å². The predicted molar refractivity (Wildman–Crippen MR) is 58.2 cm³/mol. The van der Waals surface area contributed by atoms with E-state index >= 15 is 0 Å². The van der Waals surface area contributed by atoms with Gasteiger partial charge in [0.2, 0.25) is 0 Å². The zero-order chi connectivity index (χ0) is 9.84. The van der Waals surface area contributed by atoms with Crippen molar-refractivity contribution < 1.29 is 4.74 Å². The summed E-state index contributed by atoms with van der Waals surface area (Å²) in [5, 5.41) is 0. The number of hydrogen-bond acceptors (Lipinski definition) is 2. The highest BCUT2D eigenvalue weighted by Crippen LogP contribution is 2.28. The smallest absolute Gasteiger partial charge is 0.124 e. The largest absolute Gasteiger partial charge is 0.496 e. The SMILES string of the molecule is CCc1ccc(OC)c(C(N)Br)c1. The first-order chi connectivity index (χ1) is 6.19. The van der Waals surface area contributed by atoms with E-state index in [0.29, 0.717) is 0 Å². The van der Waals surface area contributed by atoms with Crippen LogP contribution in [0.3, 0.4) is 0 Å². The van der Waals surface area contributed by atoms with Crippen LogP contribution in [0.4, 0.5) is 0 Å². The zero-order valence-electron chi connectivity index (χ0n) is 7.88. The highest BCUT2D eigenvalue weighted by atomic mass is 79.9. The Hall–Kier alpha value is -0.540. The molecule has 2 N–H and O–H groups in total. The van der Waals surface area contributed by atoms with Gasteiger partial charge in [-0.25, -0.2) is 0 Å². The van der Waals surface area contributed by atoms with Crippen LogP contribution in [0.25, 0.3) is 0 Å². The Kier molecular flexibility index (Phi) is 3.75. The van der Waals surface area contributed by atoms with Gasteiger partial charge in [0, 0.05) is 5.56 Å². The van der Waals surface area contributed by atoms with Crippen LogP contribution >= 0.6 is 15.9 Å². The molecule has 1 rings (SSSR count). The molecule has 0 spiro atoms. The van der Waals surface area contributed by atoms with Gasteiger partial charge < -0.3 is 10.5 Å². The third-order valence-electron chi connectivity index (χ3n) is 2.00. The molecule has 3 heteroatoms. The first-order valence-corrected chi connectivity index (χ1v) is 5.17. The molecule has 0 radical (unpaired) electrons. The third-order valence-corrected chi connectivity index (χ3v) is 2.49. The fourth-order valence-corrected chi connectivity index (χ4v) is 1.58. The molecule has 0 saturated heterocycles. The van der Waals surface area contributed by atoms with E-state index in [4.69, 9.17) is 10.5 Å². The molecule has 1 aromatic carbocycles. The molecule has 0 saturated carbocycles. The molecule has 2 nitrogen and oxygen atoms in total. The lowest BCUT2D eigenvalue weighted by molar-refractivity contribution is 0.409. The second-order valence-electron chi connectivity index (χ2n) is 2.83. The minimum Gasteiger partial charge on any atom is -0.496 e. The molecule has 0 aliphatic carbocycles. The minimum atomic E-state index is -0.158. The van der Waals surface area contributed by atoms with Crippen molar-refractivity contribution in [2.75, 3.05) is 7.11 Å². The van der Waals surface area contributed by atoms with Crippen LogP contribution in [0.1, 0.15) is 23.0 Å². The summed E-state index contributed by atoms with van der Waals surface area (Å²) in [7, 11) is 1.65. The summed E-state index contributed by atoms with van der Waals surface area (Å²) in [6.07, 6.45) is 1.01. The highest BCUT2D eigenvalue weighted by Gasteiger charge is 2.08. The normalized spacial score (nSPS) is 12.6. The lowest BCUT2D eigenvalue weighted by atomic mass is 10.1. The topological polar surface area (TPSA) is 35.2 Å². The standard InChI is InChI=1S/C10H14BrNO/c1-3-7-4-5-9(13-2)8(6-7)10(11)12/h4-6,10H,3,12H2,1-2H3. The number of hydrogen-bond donors (Lipinski definition) is 1. The van der Waals surface area contributed by atoms with Crippen molar-refractivity contribution in [3.63, 3.8) is 0 Å². The molecular weight excluding hydrogens is 230 g/mol. The Balaban J connectivity index is 3.10. The van der Waals surface area contributed by atoms with Crippen molar-refractivity contribution in [1.29, 1.82) is 0 Å². The zero-order valence-corrected chi connectivity index (χ0v) is 9.47. The lowest BCUT2D eigenvalue weighted by Crippen LogP contribution is -2.04. The van der Waals surface area contributed by atoms with E-state index in [1.165, 1.54) is 5.56 Å². The van der Waals surface area contributed by atoms with Crippen LogP contribution in [0.15, 0.2) is 18.2 Å². The van der Waals surface area contributed by atoms with Gasteiger partial charge in [-0.2, -0.15) is 0 Å². The Morgan fingerprint density at radius 2 is 2.23 bits per heavy atom. The second kappa shape index (κ2) is 4.63. The van der Waals surface area contributed by atoms with Crippen molar-refractivity contribution >= 4 is 15.9 Å². The van der Waals surface area contributed by atoms with Crippen molar-refractivity contribution in [1.82, 2.24) is 0 Å². The average Bonchev–Trinajstić information content (AvgIpc) is 2.16. The van der Waals surface area contributed by atoms with Gasteiger partial charge in [-0.1, -0.05) is 28.9 Å². The van der Waals surface area contributed by atoms with E-state index < -0.39 is 0 Å². The molecule has 1 unspecified atom stereocenters. The summed E-state index contributed by atoms with van der Waals surface area (Å²) in [5.74, 6) is 0.835. The molecule has 72 valence electrons. The van der Waals surface area contributed by atoms with E-state index in [-0.39, 0.29) is 4.95 Å². The van der Waals surface area contributed by atoms with Gasteiger partial charge in [-0.05, 0) is 24.1 Å². The molecular formula is C10H14BrNO. The van der Waals surface area contributed by atoms with Gasteiger partial charge in [-0.15, -0.1) is 0 Å². The number of aryl methyl sites for hydroxylation is 1. The second-order valence-corrected chi connectivity index (χ2v) is 3.82. The minimum absolute atomic E-state index is 0.158. The molecule has 0 fully saturated rings. The third kappa shape index (κ3) is 2.45. The van der Waals surface area contributed by atoms with Crippen LogP contribution in [0, 0.1) is 0 Å². The molecule has 0 aliphatic heterocycles. The van der Waals surface area contributed by atoms with E-state index in [1.807, 2.05) is 6.07 Å². The number of rotatable bonds is 3. The highest BCUT2D eigenvalue weighted by molar-refractivity contribution is 9.09. The Morgan fingerprint density at radius 3 is 2.69 bits per heavy atom. The Morgan fingerprint density at radius 1 is 1.54 bits per heavy atom. The van der Waals surface area contributed by atoms with E-state index in [1.54, 1.807) is 7.11 Å². The van der Waals surface area contributed by atoms with Gasteiger partial charge in [-0.3, -0.25) is 0 Å². The fraction of sp³-hybridized carbons (Fsp3) is 0.400. The monoisotopic (exact) mass is 243 g/mol. The first-order valence-electron chi connectivity index (χ1n) is 4.25. The fourth-order valence-electron chi connectivity index (χ4n) is 1.22. The molecule has 1 atom stereocenters. The van der Waals surface area contributed by atoms with Crippen LogP contribution < -0.4 is 10.5 Å². The number of halogens is 1. The number of ether oxygens (including phenoxy) is 1. The predicted octanol–water partition coefficient (Wildman–Crippen LogP) is 2.61. The molecule has 13 heavy (non-hydrogen) atoms. The molecule has 0 amide bonds. The van der Waals surface area contributed by atoms with Gasteiger partial charge in [0.25, 0.3) is 0 Å². The average molecular weight is 244 g/mol. The molecule has 1 aromatic rings. The van der Waals surface area contributed by atoms with E-state index in [2.05, 4.69) is 35.0 Å². The summed E-state index contributed by atoms with van der Waals surface area (Å²) < 4.78 is 5.20. The van der Waals surface area contributed by atoms with Crippen LogP contribution in [0.5, 0.6) is 5.75 Å². The van der Waals surface area contributed by atoms with Crippen molar-refractivity contribution in [2.24, 2.45) is 5.73 Å². The summed E-state index contributed by atoms with van der Waals surface area (Å²) >= 11 is 3.34. The molecule has 0 heterocycles. The lowest BCUT2D eigenvalue weighted by Gasteiger charge is -2.11. The van der Waals surface area contributed by atoms with E-state index in [9.17, 15) is 0 Å². The summed E-state index contributed by atoms with van der Waals surface area (Å²) in [5.41, 5.74) is 8.02. The van der Waals surface area contributed by atoms with Gasteiger partial charge in [0.1, 0.15) is 5.75 Å². The number of methoxy groups -OCH3 is 1. The number of alkyl halides is 1. The van der Waals surface area contributed by atoms with Crippen molar-refractivity contribution in [2.45, 2.75) is 18.3 Å². The molecule has 0 bridgehead atoms. The molecule has 0 aromatic heterocycles. The van der Waals surface area contributed by atoms with Crippen molar-refractivity contribution in [3.05, 3.63) is 29.3 Å². The summed E-state index contributed by atoms with van der Waals surface area (Å²) in [6.45, 7) is 2.12. The van der Waals surface area contributed by atoms with Crippen LogP contribution in [-0.4, -0.2) is 7.11 Å². The Labute approximate surface area is 87.2 Å². The van der Waals surface area contributed by atoms with Crippen LogP contribution in [0.2, 0.25) is 0 Å². The maximum absolute atomic E-state index is 5.75. The number of benzene rings is 1. The van der Waals surface area contributed by atoms with Crippen molar-refractivity contribution in [3.8, 4) is 5.75 Å². The van der Waals surface area contributed by atoms with Gasteiger partial charge in [0.15, 0.2) is 0 Å². The summed E-state index contributed by atoms with van der Waals surface area (Å²) in [6, 6.07) is 6.07. The maximum Gasteiger partial charge on any atom is 0.124 e. The maximum atomic E-state index is 5.75.